The summed E-state index contributed by atoms with van der Waals surface area (Å²) in [6.45, 7) is 4.74. The summed E-state index contributed by atoms with van der Waals surface area (Å²) in [6.07, 6.45) is -1.52. The van der Waals surface area contributed by atoms with Gasteiger partial charge in [0.05, 0.1) is 31.8 Å². The van der Waals surface area contributed by atoms with Gasteiger partial charge in [0, 0.05) is 36.2 Å². The number of nitrogens with zero attached hydrogens (tertiary/aromatic N) is 3. The quantitative estimate of drug-likeness (QED) is 0.280. The first-order chi connectivity index (χ1) is 22.0. The molecule has 6 rings (SSSR count). The molecule has 2 amide bonds. The molecule has 0 spiro atoms. The van der Waals surface area contributed by atoms with E-state index in [1.165, 1.54) is 13.4 Å². The van der Waals surface area contributed by atoms with Gasteiger partial charge in [0.15, 0.2) is 5.82 Å². The number of anilines is 4. The van der Waals surface area contributed by atoms with Crippen LogP contribution in [0, 0.1) is 23.1 Å². The first-order valence-electron chi connectivity index (χ1n) is 15.0. The summed E-state index contributed by atoms with van der Waals surface area (Å²) in [5, 5.41) is 8.78. The molecule has 2 bridgehead atoms. The van der Waals surface area contributed by atoms with Crippen molar-refractivity contribution in [3.05, 3.63) is 65.7 Å². The Labute approximate surface area is 262 Å². The van der Waals surface area contributed by atoms with Crippen LogP contribution in [0.5, 0.6) is 5.88 Å². The van der Waals surface area contributed by atoms with Crippen LogP contribution in [0.15, 0.2) is 48.8 Å². The van der Waals surface area contributed by atoms with Crippen molar-refractivity contribution in [2.75, 3.05) is 48.9 Å². The van der Waals surface area contributed by atoms with Gasteiger partial charge in [0.2, 0.25) is 11.8 Å². The highest BCUT2D eigenvalue weighted by molar-refractivity contribution is 6.02. The zero-order valence-electron chi connectivity index (χ0n) is 25.3. The third kappa shape index (κ3) is 6.17. The van der Waals surface area contributed by atoms with Crippen molar-refractivity contribution < 1.29 is 36.6 Å². The number of fused-ring (bicyclic) bond motifs is 2. The maximum absolute atomic E-state index is 14.0. The molecule has 3 fully saturated rings. The van der Waals surface area contributed by atoms with Gasteiger partial charge in [-0.3, -0.25) is 9.59 Å². The Hall–Kier alpha value is -4.46. The highest BCUT2D eigenvalue weighted by atomic mass is 19.4. The van der Waals surface area contributed by atoms with Gasteiger partial charge in [-0.15, -0.1) is 0 Å². The van der Waals surface area contributed by atoms with Crippen LogP contribution in [0.2, 0.25) is 0 Å². The standard InChI is InChI=1S/C32H34F4N6O4/c1-31-9-8-18(16-31)24(28(43)40-20-6-7-23(33)22(15-20)32(34,35)36)26(31)41-29(44)25-27(37-17-38-30(25)45-2)39-19-4-3-5-21(14-19)42-10-12-46-13-11-42/h3-7,14-15,17-18,24,26H,8-13,16H2,1-2H3,(H,40,43)(H,41,44)(H,37,38,39)/t18-,24+,26+,31?/m1/s1. The molecule has 4 atom stereocenters. The van der Waals surface area contributed by atoms with Crippen molar-refractivity contribution in [1.82, 2.24) is 15.3 Å². The van der Waals surface area contributed by atoms with E-state index in [4.69, 9.17) is 9.47 Å². The maximum Gasteiger partial charge on any atom is 0.419 e. The summed E-state index contributed by atoms with van der Waals surface area (Å²) in [4.78, 5) is 38.3. The summed E-state index contributed by atoms with van der Waals surface area (Å²) in [7, 11) is 1.38. The van der Waals surface area contributed by atoms with Gasteiger partial charge in [0.25, 0.3) is 5.91 Å². The number of alkyl halides is 3. The second kappa shape index (κ2) is 12.4. The number of ether oxygens (including phenoxy) is 2. The molecule has 1 unspecified atom stereocenters. The average molecular weight is 643 g/mol. The van der Waals surface area contributed by atoms with Crippen LogP contribution in [0.1, 0.15) is 42.1 Å². The highest BCUT2D eigenvalue weighted by Crippen LogP contribution is 2.57. The number of hydrogen-bond donors (Lipinski definition) is 3. The van der Waals surface area contributed by atoms with E-state index in [0.717, 1.165) is 37.7 Å². The predicted octanol–water partition coefficient (Wildman–Crippen LogP) is 5.40. The topological polar surface area (TPSA) is 118 Å². The molecule has 2 aromatic carbocycles. The van der Waals surface area contributed by atoms with Gasteiger partial charge in [-0.1, -0.05) is 13.0 Å². The van der Waals surface area contributed by atoms with Crippen molar-refractivity contribution in [3.8, 4) is 5.88 Å². The second-order valence-corrected chi connectivity index (χ2v) is 12.2. The number of rotatable bonds is 8. The van der Waals surface area contributed by atoms with Crippen molar-refractivity contribution in [1.29, 1.82) is 0 Å². The fourth-order valence-corrected chi connectivity index (χ4v) is 7.06. The Kier molecular flexibility index (Phi) is 8.49. The van der Waals surface area contributed by atoms with E-state index in [0.29, 0.717) is 37.5 Å². The normalized spacial score (nSPS) is 24.0. The molecule has 2 saturated carbocycles. The molecule has 1 saturated heterocycles. The molecule has 14 heteroatoms. The largest absolute Gasteiger partial charge is 0.480 e. The zero-order valence-corrected chi connectivity index (χ0v) is 25.3. The molecule has 1 aliphatic heterocycles. The van der Waals surface area contributed by atoms with E-state index in [-0.39, 0.29) is 28.9 Å². The molecule has 46 heavy (non-hydrogen) atoms. The number of aromatic nitrogens is 2. The lowest BCUT2D eigenvalue weighted by atomic mass is 9.76. The number of halogens is 4. The van der Waals surface area contributed by atoms with E-state index in [1.807, 2.05) is 31.2 Å². The van der Waals surface area contributed by atoms with Crippen LogP contribution >= 0.6 is 0 Å². The van der Waals surface area contributed by atoms with Gasteiger partial charge in [-0.2, -0.15) is 13.2 Å². The number of carbonyl (C=O) groups is 2. The van der Waals surface area contributed by atoms with Gasteiger partial charge in [0.1, 0.15) is 17.7 Å². The van der Waals surface area contributed by atoms with Crippen LogP contribution < -0.4 is 25.6 Å². The van der Waals surface area contributed by atoms with Crippen molar-refractivity contribution >= 4 is 34.7 Å². The number of morpholine rings is 1. The Bertz CT molecular complexity index is 1630. The molecular formula is C32H34F4N6O4. The molecule has 3 aliphatic rings. The fourth-order valence-electron chi connectivity index (χ4n) is 7.06. The lowest BCUT2D eigenvalue weighted by Gasteiger charge is -2.37. The molecule has 0 radical (unpaired) electrons. The van der Waals surface area contributed by atoms with Crippen LogP contribution in [0.3, 0.4) is 0 Å². The minimum atomic E-state index is -4.92. The zero-order chi connectivity index (χ0) is 32.6. The number of carbonyl (C=O) groups excluding carboxylic acids is 2. The lowest BCUT2D eigenvalue weighted by Crippen LogP contribution is -2.52. The van der Waals surface area contributed by atoms with Gasteiger partial charge in [-0.25, -0.2) is 14.4 Å². The third-order valence-corrected chi connectivity index (χ3v) is 9.28. The van der Waals surface area contributed by atoms with Crippen molar-refractivity contribution in [2.45, 2.75) is 38.4 Å². The molecule has 3 aromatic rings. The number of nitrogens with one attached hydrogen (secondary N) is 3. The van der Waals surface area contributed by atoms with E-state index in [2.05, 4.69) is 30.8 Å². The lowest BCUT2D eigenvalue weighted by molar-refractivity contribution is -0.140. The van der Waals surface area contributed by atoms with Crippen LogP contribution in [0.25, 0.3) is 0 Å². The SMILES string of the molecule is COc1ncnc(Nc2cccc(N3CCOCC3)c2)c1C(=O)N[C@H]1[C@@H](C(=O)Nc2ccc(F)c(C(F)(F)F)c2)[C@@H]2CCC1(C)C2. The minimum absolute atomic E-state index is 0.0274. The van der Waals surface area contributed by atoms with Crippen molar-refractivity contribution in [2.24, 2.45) is 17.3 Å². The summed E-state index contributed by atoms with van der Waals surface area (Å²) in [5.41, 5.74) is -0.387. The Balaban J connectivity index is 1.25. The smallest absolute Gasteiger partial charge is 0.419 e. The Morgan fingerprint density at radius 3 is 2.61 bits per heavy atom. The summed E-state index contributed by atoms with van der Waals surface area (Å²) >= 11 is 0. The fraction of sp³-hybridized carbons (Fsp3) is 0.438. The van der Waals surface area contributed by atoms with E-state index < -0.39 is 46.7 Å². The van der Waals surface area contributed by atoms with E-state index in [9.17, 15) is 27.2 Å². The molecule has 2 heterocycles. The molecular weight excluding hydrogens is 608 g/mol. The minimum Gasteiger partial charge on any atom is -0.480 e. The Morgan fingerprint density at radius 2 is 1.87 bits per heavy atom. The third-order valence-electron chi connectivity index (χ3n) is 9.28. The predicted molar refractivity (Wildman–Crippen MR) is 162 cm³/mol. The molecule has 2 aliphatic carbocycles. The van der Waals surface area contributed by atoms with Crippen LogP contribution in [-0.4, -0.2) is 61.2 Å². The van der Waals surface area contributed by atoms with Gasteiger partial charge >= 0.3 is 6.18 Å². The van der Waals surface area contributed by atoms with Crippen molar-refractivity contribution in [3.63, 3.8) is 0 Å². The molecule has 10 nitrogen and oxygen atoms in total. The number of benzene rings is 2. The van der Waals surface area contributed by atoms with Gasteiger partial charge < -0.3 is 30.3 Å². The number of amides is 2. The average Bonchev–Trinajstić information content (AvgIpc) is 3.55. The Morgan fingerprint density at radius 1 is 1.09 bits per heavy atom. The summed E-state index contributed by atoms with van der Waals surface area (Å²) in [5.74, 6) is -3.16. The van der Waals surface area contributed by atoms with E-state index in [1.54, 1.807) is 0 Å². The van der Waals surface area contributed by atoms with Crippen LogP contribution in [-0.2, 0) is 15.7 Å². The molecule has 1 aromatic heterocycles. The number of methoxy groups -OCH3 is 1. The second-order valence-electron chi connectivity index (χ2n) is 12.2. The first-order valence-corrected chi connectivity index (χ1v) is 15.0. The summed E-state index contributed by atoms with van der Waals surface area (Å²) in [6, 6.07) is 9.36. The highest BCUT2D eigenvalue weighted by Gasteiger charge is 2.58. The molecule has 3 N–H and O–H groups in total. The number of hydrogen-bond acceptors (Lipinski definition) is 8. The summed E-state index contributed by atoms with van der Waals surface area (Å²) < 4.78 is 64.7. The van der Waals surface area contributed by atoms with Gasteiger partial charge in [-0.05, 0) is 67.0 Å². The maximum atomic E-state index is 14.0. The van der Waals surface area contributed by atoms with Crippen LogP contribution in [0.4, 0.5) is 40.4 Å². The monoisotopic (exact) mass is 642 g/mol. The van der Waals surface area contributed by atoms with E-state index >= 15 is 0 Å². The molecule has 244 valence electrons. The first kappa shape index (κ1) is 31.5.